The van der Waals surface area contributed by atoms with Crippen LogP contribution in [0, 0.1) is 10.1 Å². The van der Waals surface area contributed by atoms with E-state index in [4.69, 9.17) is 16.3 Å². The number of nitrogens with zero attached hydrogens (tertiary/aromatic N) is 1. The summed E-state index contributed by atoms with van der Waals surface area (Å²) < 4.78 is 4.90. The Balaban J connectivity index is 2.45. The fourth-order valence-electron chi connectivity index (χ4n) is 0.927. The summed E-state index contributed by atoms with van der Waals surface area (Å²) in [5, 5.41) is 10.2. The Hall–Kier alpha value is -0.940. The molecule has 0 unspecified atom stereocenters. The Kier molecular flexibility index (Phi) is 5.28. The van der Waals surface area contributed by atoms with Crippen molar-refractivity contribution in [2.45, 2.75) is 11.3 Å². The summed E-state index contributed by atoms with van der Waals surface area (Å²) in [5.74, 6) is 1.27. The first-order valence-electron chi connectivity index (χ1n) is 4.33. The maximum absolute atomic E-state index is 10.2. The van der Waals surface area contributed by atoms with Gasteiger partial charge in [0, 0.05) is 5.88 Å². The molecule has 0 atom stereocenters. The third kappa shape index (κ3) is 4.90. The summed E-state index contributed by atoms with van der Waals surface area (Å²) in [6, 6.07) is 6.73. The Morgan fingerprint density at radius 1 is 1.40 bits per heavy atom. The third-order valence-corrected chi connectivity index (χ3v) is 2.45. The van der Waals surface area contributed by atoms with E-state index in [1.165, 1.54) is 0 Å². The molecule has 15 heavy (non-hydrogen) atoms. The number of nitro groups is 1. The average molecular weight is 248 g/mol. The van der Waals surface area contributed by atoms with Crippen LogP contribution in [-0.4, -0.2) is 16.8 Å². The molecule has 0 bridgehead atoms. The molecule has 0 aliphatic heterocycles. The zero-order valence-electron chi connectivity index (χ0n) is 7.89. The van der Waals surface area contributed by atoms with Crippen molar-refractivity contribution in [1.29, 1.82) is 0 Å². The van der Waals surface area contributed by atoms with Crippen molar-refractivity contribution in [3.63, 3.8) is 0 Å². The van der Waals surface area contributed by atoms with Gasteiger partial charge < -0.3 is 4.74 Å². The van der Waals surface area contributed by atoms with E-state index in [1.54, 1.807) is 24.3 Å². The fraction of sp³-hybridized carbons (Fsp3) is 0.333. The van der Waals surface area contributed by atoms with E-state index in [0.717, 1.165) is 6.42 Å². The molecule has 6 heteroatoms. The Labute approximate surface area is 96.9 Å². The molecule has 1 aromatic carbocycles. The molecule has 0 spiro atoms. The van der Waals surface area contributed by atoms with Gasteiger partial charge in [-0.3, -0.25) is 10.1 Å². The number of benzene rings is 1. The summed E-state index contributed by atoms with van der Waals surface area (Å²) in [4.78, 5) is 10.8. The van der Waals surface area contributed by atoms with Crippen LogP contribution < -0.4 is 4.74 Å². The molecular formula is C9H10ClNO3S. The highest BCUT2D eigenvalue weighted by atomic mass is 35.5. The molecule has 0 heterocycles. The van der Waals surface area contributed by atoms with E-state index >= 15 is 0 Å². The molecule has 0 aromatic heterocycles. The maximum atomic E-state index is 10.2. The summed E-state index contributed by atoms with van der Waals surface area (Å²) >= 11 is 6.07. The fourth-order valence-corrected chi connectivity index (χ4v) is 1.47. The minimum absolute atomic E-state index is 0.441. The van der Waals surface area contributed by atoms with Gasteiger partial charge >= 0.3 is 0 Å². The minimum atomic E-state index is -0.441. The van der Waals surface area contributed by atoms with Gasteiger partial charge in [-0.1, -0.05) is 0 Å². The predicted molar refractivity (Wildman–Crippen MR) is 60.1 cm³/mol. The first-order valence-corrected chi connectivity index (χ1v) is 5.64. The lowest BCUT2D eigenvalue weighted by Gasteiger charge is -2.04. The second-order valence-corrected chi connectivity index (χ2v) is 4.01. The van der Waals surface area contributed by atoms with Crippen LogP contribution in [0.25, 0.3) is 0 Å². The number of hydrogen-bond acceptors (Lipinski definition) is 4. The van der Waals surface area contributed by atoms with Gasteiger partial charge in [0.15, 0.2) is 0 Å². The number of halogens is 1. The van der Waals surface area contributed by atoms with Crippen molar-refractivity contribution in [2.75, 3.05) is 12.5 Å². The lowest BCUT2D eigenvalue weighted by Crippen LogP contribution is -1.97. The molecule has 0 radical (unpaired) electrons. The van der Waals surface area contributed by atoms with E-state index in [0.29, 0.717) is 35.1 Å². The maximum Gasteiger partial charge on any atom is 0.265 e. The molecule has 0 aliphatic rings. The number of rotatable bonds is 6. The van der Waals surface area contributed by atoms with Crippen molar-refractivity contribution < 1.29 is 9.07 Å². The normalized spacial score (nSPS) is 9.93. The Morgan fingerprint density at radius 2 is 2.07 bits per heavy atom. The van der Waals surface area contributed by atoms with Crippen molar-refractivity contribution in [3.05, 3.63) is 34.4 Å². The second-order valence-electron chi connectivity index (χ2n) is 2.68. The molecule has 1 rings (SSSR count). The van der Waals surface area contributed by atoms with E-state index < -0.39 is 4.33 Å². The number of alkyl halides is 1. The standard InChI is InChI=1S/C9H10ClNO3S/c10-6-1-7-14-8-2-4-9(5-3-8)15-11(12)13/h2-5H,1,6-7H2. The van der Waals surface area contributed by atoms with Crippen LogP contribution in [0.1, 0.15) is 6.42 Å². The minimum Gasteiger partial charge on any atom is -0.494 e. The van der Waals surface area contributed by atoms with E-state index in [2.05, 4.69) is 0 Å². The second kappa shape index (κ2) is 6.53. The van der Waals surface area contributed by atoms with Crippen LogP contribution in [0.2, 0.25) is 0 Å². The van der Waals surface area contributed by atoms with Crippen molar-refractivity contribution >= 4 is 23.5 Å². The molecule has 0 fully saturated rings. The van der Waals surface area contributed by atoms with Crippen LogP contribution in [-0.2, 0) is 0 Å². The Bertz CT molecular complexity index is 318. The molecule has 4 nitrogen and oxygen atoms in total. The van der Waals surface area contributed by atoms with Crippen molar-refractivity contribution in [3.8, 4) is 5.75 Å². The summed E-state index contributed by atoms with van der Waals surface area (Å²) in [6.07, 6.45) is 0.785. The first-order chi connectivity index (χ1) is 7.22. The van der Waals surface area contributed by atoms with Crippen molar-refractivity contribution in [1.82, 2.24) is 0 Å². The molecule has 0 N–H and O–H groups in total. The molecule has 1 aromatic rings. The van der Waals surface area contributed by atoms with Crippen LogP contribution in [0.4, 0.5) is 0 Å². The largest absolute Gasteiger partial charge is 0.494 e. The van der Waals surface area contributed by atoms with E-state index in [9.17, 15) is 10.1 Å². The lowest BCUT2D eigenvalue weighted by molar-refractivity contribution is -0.284. The average Bonchev–Trinajstić information content (AvgIpc) is 2.20. The Morgan fingerprint density at radius 3 is 2.60 bits per heavy atom. The smallest absolute Gasteiger partial charge is 0.265 e. The van der Waals surface area contributed by atoms with Crippen LogP contribution in [0.3, 0.4) is 0 Å². The molecule has 0 saturated carbocycles. The quantitative estimate of drug-likeness (QED) is 0.255. The first kappa shape index (κ1) is 12.1. The van der Waals surface area contributed by atoms with Crippen molar-refractivity contribution in [2.24, 2.45) is 0 Å². The summed E-state index contributed by atoms with van der Waals surface area (Å²) in [7, 11) is 0. The van der Waals surface area contributed by atoms with Gasteiger partial charge in [-0.05, 0) is 30.7 Å². The highest BCUT2D eigenvalue weighted by Crippen LogP contribution is 2.21. The molecule has 0 amide bonds. The predicted octanol–water partition coefficient (Wildman–Crippen LogP) is 2.98. The van der Waals surface area contributed by atoms with Gasteiger partial charge in [0.05, 0.1) is 11.5 Å². The number of hydrogen-bond donors (Lipinski definition) is 0. The summed E-state index contributed by atoms with van der Waals surface area (Å²) in [6.45, 7) is 0.561. The molecule has 0 aliphatic carbocycles. The van der Waals surface area contributed by atoms with Gasteiger partial charge in [0.1, 0.15) is 10.1 Å². The SMILES string of the molecule is O=[N+]([O-])Sc1ccc(OCCCCl)cc1. The molecule has 82 valence electrons. The zero-order chi connectivity index (χ0) is 11.1. The van der Waals surface area contributed by atoms with Crippen LogP contribution in [0.5, 0.6) is 5.75 Å². The van der Waals surface area contributed by atoms with Crippen LogP contribution in [0.15, 0.2) is 29.2 Å². The lowest BCUT2D eigenvalue weighted by atomic mass is 10.3. The monoisotopic (exact) mass is 247 g/mol. The molecular weight excluding hydrogens is 238 g/mol. The van der Waals surface area contributed by atoms with Gasteiger partial charge in [-0.2, -0.15) is 0 Å². The van der Waals surface area contributed by atoms with E-state index in [1.807, 2.05) is 0 Å². The van der Waals surface area contributed by atoms with Crippen LogP contribution >= 0.6 is 23.5 Å². The molecule has 0 saturated heterocycles. The van der Waals surface area contributed by atoms with Gasteiger partial charge in [0.2, 0.25) is 0 Å². The van der Waals surface area contributed by atoms with E-state index in [-0.39, 0.29) is 0 Å². The topological polar surface area (TPSA) is 52.4 Å². The van der Waals surface area contributed by atoms with Gasteiger partial charge in [-0.15, -0.1) is 11.6 Å². The highest BCUT2D eigenvalue weighted by Gasteiger charge is 2.04. The summed E-state index contributed by atoms with van der Waals surface area (Å²) in [5.41, 5.74) is 0. The third-order valence-electron chi connectivity index (χ3n) is 1.55. The van der Waals surface area contributed by atoms with Gasteiger partial charge in [-0.25, -0.2) is 0 Å². The van der Waals surface area contributed by atoms with Gasteiger partial charge in [0.25, 0.3) is 11.9 Å². The number of ether oxygens (including phenoxy) is 1. The zero-order valence-corrected chi connectivity index (χ0v) is 9.46. The highest BCUT2D eigenvalue weighted by molar-refractivity contribution is 7.93.